The van der Waals surface area contributed by atoms with Gasteiger partial charge in [0.1, 0.15) is 17.1 Å². The summed E-state index contributed by atoms with van der Waals surface area (Å²) >= 11 is 0. The molecule has 2 aromatic carbocycles. The summed E-state index contributed by atoms with van der Waals surface area (Å²) in [5, 5.41) is 1.05. The van der Waals surface area contributed by atoms with Gasteiger partial charge < -0.3 is 14.1 Å². The summed E-state index contributed by atoms with van der Waals surface area (Å²) in [4.78, 5) is 14.5. The Labute approximate surface area is 140 Å². The average molecular weight is 321 g/mol. The number of rotatable bonds is 3. The van der Waals surface area contributed by atoms with Gasteiger partial charge in [0.05, 0.1) is 6.04 Å². The lowest BCUT2D eigenvalue weighted by atomic mass is 10.1. The number of carbonyl (C=O) groups excluding carboxylic acids is 1. The Morgan fingerprint density at radius 1 is 1.17 bits per heavy atom. The molecular weight excluding hydrogens is 302 g/mol. The first-order valence-corrected chi connectivity index (χ1v) is 8.13. The zero-order chi connectivity index (χ0) is 16.7. The highest BCUT2D eigenvalue weighted by Crippen LogP contribution is 2.31. The molecule has 0 fully saturated rings. The molecule has 1 aliphatic heterocycles. The summed E-state index contributed by atoms with van der Waals surface area (Å²) < 4.78 is 11.7. The standard InChI is InChI=1S/C20H19NO3/c1-13(18-11-14-7-3-5-9-16(14)23-18)21(2)20(22)19-12-15-8-4-6-10-17(15)24-19/h3-11,13,19H,12H2,1-2H3. The van der Waals surface area contributed by atoms with Gasteiger partial charge in [-0.15, -0.1) is 0 Å². The molecule has 0 saturated carbocycles. The highest BCUT2D eigenvalue weighted by atomic mass is 16.5. The van der Waals surface area contributed by atoms with Crippen LogP contribution in [0.15, 0.2) is 59.0 Å². The second-order valence-corrected chi connectivity index (χ2v) is 6.23. The van der Waals surface area contributed by atoms with E-state index >= 15 is 0 Å². The topological polar surface area (TPSA) is 42.7 Å². The number of fused-ring (bicyclic) bond motifs is 2. The van der Waals surface area contributed by atoms with Gasteiger partial charge >= 0.3 is 0 Å². The molecule has 2 atom stereocenters. The van der Waals surface area contributed by atoms with Gasteiger partial charge in [-0.2, -0.15) is 0 Å². The van der Waals surface area contributed by atoms with Gasteiger partial charge in [-0.25, -0.2) is 0 Å². The van der Waals surface area contributed by atoms with Crippen LogP contribution >= 0.6 is 0 Å². The lowest BCUT2D eigenvalue weighted by Crippen LogP contribution is -2.40. The fourth-order valence-electron chi connectivity index (χ4n) is 3.14. The van der Waals surface area contributed by atoms with Crippen molar-refractivity contribution < 1.29 is 13.9 Å². The number of furan rings is 1. The van der Waals surface area contributed by atoms with Gasteiger partial charge in [-0.1, -0.05) is 36.4 Å². The first kappa shape index (κ1) is 14.8. The fraction of sp³-hybridized carbons (Fsp3) is 0.250. The number of amides is 1. The van der Waals surface area contributed by atoms with Gasteiger partial charge in [-0.05, 0) is 30.7 Å². The van der Waals surface area contributed by atoms with E-state index in [-0.39, 0.29) is 11.9 Å². The minimum atomic E-state index is -0.459. The van der Waals surface area contributed by atoms with Crippen LogP contribution in [0.1, 0.15) is 24.3 Å². The molecule has 0 bridgehead atoms. The molecule has 4 nitrogen and oxygen atoms in total. The molecule has 0 radical (unpaired) electrons. The third-order valence-corrected chi connectivity index (χ3v) is 4.71. The first-order valence-electron chi connectivity index (χ1n) is 8.13. The predicted molar refractivity (Wildman–Crippen MR) is 92.0 cm³/mol. The summed E-state index contributed by atoms with van der Waals surface area (Å²) in [6, 6.07) is 17.5. The molecule has 122 valence electrons. The fourth-order valence-corrected chi connectivity index (χ4v) is 3.14. The predicted octanol–water partition coefficient (Wildman–Crippen LogP) is 3.96. The number of likely N-dealkylation sites (N-methyl/N-ethyl adjacent to an activating group) is 1. The smallest absolute Gasteiger partial charge is 0.264 e. The zero-order valence-corrected chi connectivity index (χ0v) is 13.7. The number of para-hydroxylation sites is 2. The Hall–Kier alpha value is -2.75. The molecule has 0 aliphatic carbocycles. The normalized spacial score (nSPS) is 17.3. The maximum Gasteiger partial charge on any atom is 0.264 e. The lowest BCUT2D eigenvalue weighted by molar-refractivity contribution is -0.138. The van der Waals surface area contributed by atoms with Gasteiger partial charge in [0.25, 0.3) is 5.91 Å². The van der Waals surface area contributed by atoms with E-state index < -0.39 is 6.10 Å². The van der Waals surface area contributed by atoms with Crippen LogP contribution in [0, 0.1) is 0 Å². The van der Waals surface area contributed by atoms with Crippen LogP contribution < -0.4 is 4.74 Å². The minimum absolute atomic E-state index is 0.0286. The van der Waals surface area contributed by atoms with Crippen LogP contribution in [0.5, 0.6) is 5.75 Å². The number of ether oxygens (including phenoxy) is 1. The number of nitrogens with zero attached hydrogens (tertiary/aromatic N) is 1. The maximum atomic E-state index is 12.8. The Bertz CT molecular complexity index is 841. The third-order valence-electron chi connectivity index (χ3n) is 4.71. The van der Waals surface area contributed by atoms with Crippen molar-refractivity contribution in [3.8, 4) is 5.75 Å². The van der Waals surface area contributed by atoms with Crippen LogP contribution in [-0.2, 0) is 11.2 Å². The summed E-state index contributed by atoms with van der Waals surface area (Å²) in [6.45, 7) is 1.97. The molecule has 24 heavy (non-hydrogen) atoms. The summed E-state index contributed by atoms with van der Waals surface area (Å²) in [5.74, 6) is 1.56. The Morgan fingerprint density at radius 2 is 1.92 bits per heavy atom. The number of carbonyl (C=O) groups is 1. The van der Waals surface area contributed by atoms with Crippen molar-refractivity contribution in [3.63, 3.8) is 0 Å². The molecule has 0 spiro atoms. The molecule has 2 unspecified atom stereocenters. The second kappa shape index (κ2) is 5.71. The van der Waals surface area contributed by atoms with Gasteiger partial charge in [0.15, 0.2) is 6.10 Å². The molecular formula is C20H19NO3. The minimum Gasteiger partial charge on any atom is -0.480 e. The van der Waals surface area contributed by atoms with E-state index in [4.69, 9.17) is 9.15 Å². The van der Waals surface area contributed by atoms with Crippen molar-refractivity contribution in [2.24, 2.45) is 0 Å². The summed E-state index contributed by atoms with van der Waals surface area (Å²) in [5.41, 5.74) is 1.92. The largest absolute Gasteiger partial charge is 0.480 e. The monoisotopic (exact) mass is 321 g/mol. The van der Waals surface area contributed by atoms with E-state index in [1.807, 2.05) is 61.5 Å². The Balaban J connectivity index is 1.52. The summed E-state index contributed by atoms with van der Waals surface area (Å²) in [7, 11) is 1.80. The van der Waals surface area contributed by atoms with Gasteiger partial charge in [0, 0.05) is 18.9 Å². The molecule has 4 rings (SSSR count). The lowest BCUT2D eigenvalue weighted by Gasteiger charge is -2.25. The van der Waals surface area contributed by atoms with E-state index in [0.29, 0.717) is 6.42 Å². The highest BCUT2D eigenvalue weighted by Gasteiger charge is 2.33. The maximum absolute atomic E-state index is 12.8. The quantitative estimate of drug-likeness (QED) is 0.733. The molecule has 1 amide bonds. The number of hydrogen-bond acceptors (Lipinski definition) is 3. The van der Waals surface area contributed by atoms with Crippen LogP contribution in [0.2, 0.25) is 0 Å². The number of hydrogen-bond donors (Lipinski definition) is 0. The molecule has 1 aliphatic rings. The molecule has 1 aromatic heterocycles. The molecule has 3 aromatic rings. The van der Waals surface area contributed by atoms with Crippen molar-refractivity contribution in [3.05, 3.63) is 65.9 Å². The SMILES string of the molecule is CC(c1cc2ccccc2o1)N(C)C(=O)C1Cc2ccccc2O1. The van der Waals surface area contributed by atoms with Crippen molar-refractivity contribution in [1.82, 2.24) is 4.90 Å². The first-order chi connectivity index (χ1) is 11.6. The molecule has 0 N–H and O–H groups in total. The van der Waals surface area contributed by atoms with Crippen molar-refractivity contribution in [2.45, 2.75) is 25.5 Å². The highest BCUT2D eigenvalue weighted by molar-refractivity contribution is 5.83. The van der Waals surface area contributed by atoms with E-state index in [1.54, 1.807) is 11.9 Å². The van der Waals surface area contributed by atoms with Crippen LogP contribution in [0.3, 0.4) is 0 Å². The van der Waals surface area contributed by atoms with E-state index in [2.05, 4.69) is 0 Å². The summed E-state index contributed by atoms with van der Waals surface area (Å²) in [6.07, 6.45) is 0.158. The molecule has 4 heteroatoms. The number of benzene rings is 2. The Morgan fingerprint density at radius 3 is 2.71 bits per heavy atom. The van der Waals surface area contributed by atoms with E-state index in [1.165, 1.54) is 0 Å². The second-order valence-electron chi connectivity index (χ2n) is 6.23. The van der Waals surface area contributed by atoms with Crippen molar-refractivity contribution >= 4 is 16.9 Å². The third kappa shape index (κ3) is 2.44. The molecule has 2 heterocycles. The van der Waals surface area contributed by atoms with Crippen LogP contribution in [0.4, 0.5) is 0 Å². The van der Waals surface area contributed by atoms with Crippen molar-refractivity contribution in [1.29, 1.82) is 0 Å². The Kier molecular flexibility index (Phi) is 3.53. The van der Waals surface area contributed by atoms with E-state index in [9.17, 15) is 4.79 Å². The van der Waals surface area contributed by atoms with Gasteiger partial charge in [-0.3, -0.25) is 4.79 Å². The molecule has 0 saturated heterocycles. The van der Waals surface area contributed by atoms with Crippen LogP contribution in [0.25, 0.3) is 11.0 Å². The van der Waals surface area contributed by atoms with Crippen molar-refractivity contribution in [2.75, 3.05) is 7.05 Å². The van der Waals surface area contributed by atoms with Crippen LogP contribution in [-0.4, -0.2) is 24.0 Å². The van der Waals surface area contributed by atoms with E-state index in [0.717, 1.165) is 28.0 Å². The zero-order valence-electron chi connectivity index (χ0n) is 13.7. The average Bonchev–Trinajstić information content (AvgIpc) is 3.23. The van der Waals surface area contributed by atoms with Gasteiger partial charge in [0.2, 0.25) is 0 Å².